The number of anilines is 1. The van der Waals surface area contributed by atoms with Crippen LogP contribution in [0.15, 0.2) is 24.3 Å². The minimum absolute atomic E-state index is 0. The van der Waals surface area contributed by atoms with Crippen LogP contribution >= 0.6 is 24.8 Å². The van der Waals surface area contributed by atoms with Gasteiger partial charge in [0.15, 0.2) is 0 Å². The second-order valence-corrected chi connectivity index (χ2v) is 6.55. The van der Waals surface area contributed by atoms with Gasteiger partial charge in [0.25, 0.3) is 0 Å². The molecule has 0 spiro atoms. The molecule has 2 aliphatic rings. The van der Waals surface area contributed by atoms with Crippen molar-refractivity contribution in [3.8, 4) is 5.75 Å². The van der Waals surface area contributed by atoms with Crippen LogP contribution in [0.4, 0.5) is 18.9 Å². The summed E-state index contributed by atoms with van der Waals surface area (Å²) < 4.78 is 46.6. The molecule has 0 bridgehead atoms. The fourth-order valence-electron chi connectivity index (χ4n) is 3.36. The molecule has 0 saturated carbocycles. The number of benzene rings is 1. The molecule has 2 heterocycles. The third-order valence-corrected chi connectivity index (χ3v) is 4.61. The fourth-order valence-corrected chi connectivity index (χ4v) is 3.36. The zero-order valence-electron chi connectivity index (χ0n) is 15.0. The molecule has 28 heavy (non-hydrogen) atoms. The Balaban J connectivity index is 0.00000196. The molecule has 1 aromatic carbocycles. The Morgan fingerprint density at radius 1 is 1.29 bits per heavy atom. The van der Waals surface area contributed by atoms with E-state index >= 15 is 0 Å². The first-order chi connectivity index (χ1) is 12.3. The van der Waals surface area contributed by atoms with Crippen molar-refractivity contribution in [3.63, 3.8) is 0 Å². The molecule has 0 aromatic heterocycles. The summed E-state index contributed by atoms with van der Waals surface area (Å²) in [6.45, 7) is 1.56. The maximum atomic E-state index is 12.4. The summed E-state index contributed by atoms with van der Waals surface area (Å²) in [6.07, 6.45) is -3.12. The average molecular weight is 446 g/mol. The number of ether oxygens (including phenoxy) is 2. The van der Waals surface area contributed by atoms with E-state index in [4.69, 9.17) is 10.5 Å². The molecule has 2 fully saturated rings. The first kappa shape index (κ1) is 24.6. The number of amides is 1. The van der Waals surface area contributed by atoms with Crippen molar-refractivity contribution in [1.82, 2.24) is 5.32 Å². The predicted molar refractivity (Wildman–Crippen MR) is 103 cm³/mol. The highest BCUT2D eigenvalue weighted by molar-refractivity contribution is 5.85. The smallest absolute Gasteiger partial charge is 0.406 e. The molecule has 1 unspecified atom stereocenters. The van der Waals surface area contributed by atoms with Gasteiger partial charge in [-0.25, -0.2) is 0 Å². The van der Waals surface area contributed by atoms with Crippen LogP contribution in [0.2, 0.25) is 0 Å². The zero-order valence-corrected chi connectivity index (χ0v) is 16.6. The Morgan fingerprint density at radius 2 is 2.04 bits per heavy atom. The van der Waals surface area contributed by atoms with Gasteiger partial charge in [-0.05, 0) is 31.4 Å². The molecule has 0 aliphatic carbocycles. The highest BCUT2D eigenvalue weighted by Crippen LogP contribution is 2.28. The van der Waals surface area contributed by atoms with Gasteiger partial charge in [0.2, 0.25) is 5.91 Å². The van der Waals surface area contributed by atoms with Crippen molar-refractivity contribution < 1.29 is 27.4 Å². The number of nitrogens with two attached hydrogens (primary N) is 1. The van der Waals surface area contributed by atoms with Gasteiger partial charge in [-0.15, -0.1) is 38.0 Å². The van der Waals surface area contributed by atoms with E-state index in [1.165, 1.54) is 18.2 Å². The molecule has 1 aromatic rings. The van der Waals surface area contributed by atoms with E-state index in [2.05, 4.69) is 10.1 Å². The van der Waals surface area contributed by atoms with E-state index in [9.17, 15) is 18.0 Å². The number of hydrogen-bond acceptors (Lipinski definition) is 5. The lowest BCUT2D eigenvalue weighted by atomic mass is 10.1. The Kier molecular flexibility index (Phi) is 9.13. The summed E-state index contributed by atoms with van der Waals surface area (Å²) >= 11 is 0. The third kappa shape index (κ3) is 6.58. The van der Waals surface area contributed by atoms with Crippen molar-refractivity contribution in [3.05, 3.63) is 24.3 Å². The quantitative estimate of drug-likeness (QED) is 0.728. The Labute approximate surface area is 173 Å². The summed E-state index contributed by atoms with van der Waals surface area (Å²) in [4.78, 5) is 14.2. The third-order valence-electron chi connectivity index (χ3n) is 4.61. The van der Waals surface area contributed by atoms with Crippen molar-refractivity contribution >= 4 is 36.4 Å². The molecule has 0 radical (unpaired) electrons. The van der Waals surface area contributed by atoms with Gasteiger partial charge in [-0.2, -0.15) is 0 Å². The second-order valence-electron chi connectivity index (χ2n) is 6.55. The van der Waals surface area contributed by atoms with Crippen LogP contribution in [0.3, 0.4) is 0 Å². The number of nitrogens with zero attached hydrogens (tertiary/aromatic N) is 1. The lowest BCUT2D eigenvalue weighted by Gasteiger charge is -2.21. The topological polar surface area (TPSA) is 76.8 Å². The van der Waals surface area contributed by atoms with E-state index in [-0.39, 0.29) is 48.6 Å². The minimum atomic E-state index is -4.72. The molecule has 2 saturated heterocycles. The molecular weight excluding hydrogens is 422 g/mol. The lowest BCUT2D eigenvalue weighted by Crippen LogP contribution is -2.43. The number of carbonyl (C=O) groups excluding carboxylic acids is 1. The molecule has 3 atom stereocenters. The zero-order chi connectivity index (χ0) is 18.7. The van der Waals surface area contributed by atoms with E-state index < -0.39 is 12.5 Å². The van der Waals surface area contributed by atoms with Gasteiger partial charge >= 0.3 is 6.36 Å². The second kappa shape index (κ2) is 10.4. The normalized spacial score (nSPS) is 24.3. The Hall–Kier alpha value is -1.42. The van der Waals surface area contributed by atoms with Crippen LogP contribution in [0.1, 0.15) is 19.3 Å². The number of rotatable bonds is 5. The maximum Gasteiger partial charge on any atom is 0.573 e. The summed E-state index contributed by atoms with van der Waals surface area (Å²) in [5.74, 6) is -0.406. The largest absolute Gasteiger partial charge is 0.573 e. The lowest BCUT2D eigenvalue weighted by molar-refractivity contribution is -0.274. The first-order valence-corrected chi connectivity index (χ1v) is 8.60. The standard InChI is InChI=1S/C17H22F3N3O3.2ClH/c18-17(19,20)26-13-3-1-2-12(8-13)23-7-6-11(10-23)22-16(24)15-5-4-14(9-21)25-15;;/h1-3,8,11,14-15H,4-7,9-10,21H2,(H,22,24);2*1H/t11?,14-,15+;;/m1../s1. The number of carbonyl (C=O) groups is 1. The summed E-state index contributed by atoms with van der Waals surface area (Å²) in [5, 5.41) is 2.96. The summed E-state index contributed by atoms with van der Waals surface area (Å²) in [5.41, 5.74) is 6.18. The maximum absolute atomic E-state index is 12.4. The van der Waals surface area contributed by atoms with Gasteiger partial charge in [0.1, 0.15) is 11.9 Å². The number of alkyl halides is 3. The van der Waals surface area contributed by atoms with Crippen molar-refractivity contribution in [2.24, 2.45) is 5.73 Å². The monoisotopic (exact) mass is 445 g/mol. The number of hydrogen-bond donors (Lipinski definition) is 2. The van der Waals surface area contributed by atoms with Crippen LogP contribution in [-0.4, -0.2) is 50.2 Å². The number of nitrogens with one attached hydrogen (secondary N) is 1. The highest BCUT2D eigenvalue weighted by atomic mass is 35.5. The molecule has 1 amide bonds. The Morgan fingerprint density at radius 3 is 2.68 bits per heavy atom. The first-order valence-electron chi connectivity index (χ1n) is 8.60. The van der Waals surface area contributed by atoms with Gasteiger partial charge < -0.3 is 25.4 Å². The highest BCUT2D eigenvalue weighted by Gasteiger charge is 2.33. The van der Waals surface area contributed by atoms with Crippen LogP contribution in [0.25, 0.3) is 0 Å². The van der Waals surface area contributed by atoms with Crippen molar-refractivity contribution in [2.75, 3.05) is 24.5 Å². The molecular formula is C17H24Cl2F3N3O3. The molecule has 3 N–H and O–H groups in total. The van der Waals surface area contributed by atoms with Gasteiger partial charge in [0.05, 0.1) is 6.10 Å². The summed E-state index contributed by atoms with van der Waals surface area (Å²) in [7, 11) is 0. The van der Waals surface area contributed by atoms with Gasteiger partial charge in [-0.3, -0.25) is 4.79 Å². The molecule has 11 heteroatoms. The van der Waals surface area contributed by atoms with Gasteiger partial charge in [-0.1, -0.05) is 6.07 Å². The molecule has 160 valence electrons. The Bertz CT molecular complexity index is 652. The minimum Gasteiger partial charge on any atom is -0.406 e. The summed E-state index contributed by atoms with van der Waals surface area (Å²) in [6, 6.07) is 5.78. The number of halogens is 5. The molecule has 2 aliphatic heterocycles. The predicted octanol–water partition coefficient (Wildman–Crippen LogP) is 2.63. The SMILES string of the molecule is Cl.Cl.NC[C@H]1CC[C@@H](C(=O)NC2CCN(c3cccc(OC(F)(F)F)c3)C2)O1. The fraction of sp³-hybridized carbons (Fsp3) is 0.588. The van der Waals surface area contributed by atoms with E-state index in [1.54, 1.807) is 6.07 Å². The van der Waals surface area contributed by atoms with Crippen LogP contribution in [0, 0.1) is 0 Å². The van der Waals surface area contributed by atoms with E-state index in [0.717, 1.165) is 6.42 Å². The average Bonchev–Trinajstić information content (AvgIpc) is 3.22. The van der Waals surface area contributed by atoms with Crippen LogP contribution in [-0.2, 0) is 9.53 Å². The molecule has 3 rings (SSSR count). The van der Waals surface area contributed by atoms with Crippen molar-refractivity contribution in [1.29, 1.82) is 0 Å². The van der Waals surface area contributed by atoms with Crippen LogP contribution < -0.4 is 20.7 Å². The van der Waals surface area contributed by atoms with E-state index in [0.29, 0.717) is 38.2 Å². The van der Waals surface area contributed by atoms with Crippen LogP contribution in [0.5, 0.6) is 5.75 Å². The van der Waals surface area contributed by atoms with E-state index in [1.807, 2.05) is 4.90 Å². The van der Waals surface area contributed by atoms with Crippen molar-refractivity contribution in [2.45, 2.75) is 43.9 Å². The van der Waals surface area contributed by atoms with Gasteiger partial charge in [0, 0.05) is 37.4 Å². The molecule has 6 nitrogen and oxygen atoms in total.